The van der Waals surface area contributed by atoms with Gasteiger partial charge in [0.25, 0.3) is 5.91 Å². The first kappa shape index (κ1) is 13.6. The molecule has 1 heterocycles. The van der Waals surface area contributed by atoms with Crippen LogP contribution in [0.1, 0.15) is 30.1 Å². The van der Waals surface area contributed by atoms with Gasteiger partial charge in [-0.2, -0.15) is 0 Å². The van der Waals surface area contributed by atoms with Gasteiger partial charge in [0.15, 0.2) is 0 Å². The van der Waals surface area contributed by atoms with Crippen molar-refractivity contribution in [2.75, 3.05) is 19.6 Å². The number of benzene rings is 1. The number of hydrogen-bond acceptors (Lipinski definition) is 1. The molecular weight excluding hydrogens is 292 g/mol. The van der Waals surface area contributed by atoms with E-state index in [2.05, 4.69) is 28.2 Å². The van der Waals surface area contributed by atoms with Gasteiger partial charge in [0.05, 0.1) is 19.6 Å². The van der Waals surface area contributed by atoms with Gasteiger partial charge in [0.1, 0.15) is 6.04 Å². The minimum Gasteiger partial charge on any atom is -0.346 e. The molecule has 4 heteroatoms. The van der Waals surface area contributed by atoms with Crippen molar-refractivity contribution in [1.29, 1.82) is 0 Å². The highest BCUT2D eigenvalue weighted by Crippen LogP contribution is 2.10. The summed E-state index contributed by atoms with van der Waals surface area (Å²) >= 11 is 3.37. The molecule has 1 fully saturated rings. The number of amides is 1. The van der Waals surface area contributed by atoms with Gasteiger partial charge in [0, 0.05) is 22.9 Å². The molecule has 0 bridgehead atoms. The average molecular weight is 312 g/mol. The monoisotopic (exact) mass is 311 g/mol. The lowest BCUT2D eigenvalue weighted by Crippen LogP contribution is -3.14. The first-order valence-corrected chi connectivity index (χ1v) is 7.38. The highest BCUT2D eigenvalue weighted by Gasteiger charge is 2.27. The summed E-state index contributed by atoms with van der Waals surface area (Å²) in [6, 6.07) is 8.08. The molecule has 1 aromatic carbocycles. The largest absolute Gasteiger partial charge is 0.346 e. The second kappa shape index (κ2) is 6.34. The smallest absolute Gasteiger partial charge is 0.251 e. The van der Waals surface area contributed by atoms with E-state index in [9.17, 15) is 4.79 Å². The van der Waals surface area contributed by atoms with E-state index in [0.29, 0.717) is 6.04 Å². The Morgan fingerprint density at radius 1 is 1.44 bits per heavy atom. The van der Waals surface area contributed by atoms with Crippen LogP contribution in [-0.2, 0) is 0 Å². The van der Waals surface area contributed by atoms with Gasteiger partial charge in [0.2, 0.25) is 0 Å². The number of rotatable bonds is 4. The van der Waals surface area contributed by atoms with Crippen molar-refractivity contribution in [3.8, 4) is 0 Å². The Balaban J connectivity index is 1.86. The molecule has 0 saturated carbocycles. The Morgan fingerprint density at radius 3 is 2.83 bits per heavy atom. The van der Waals surface area contributed by atoms with Crippen LogP contribution < -0.4 is 10.2 Å². The van der Waals surface area contributed by atoms with Crippen LogP contribution in [0, 0.1) is 0 Å². The Bertz CT molecular complexity index is 405. The third-order valence-electron chi connectivity index (χ3n) is 3.70. The molecule has 2 atom stereocenters. The first-order valence-electron chi connectivity index (χ1n) is 6.59. The van der Waals surface area contributed by atoms with E-state index >= 15 is 0 Å². The summed E-state index contributed by atoms with van der Waals surface area (Å²) in [6.45, 7) is 5.40. The third kappa shape index (κ3) is 3.33. The maximum Gasteiger partial charge on any atom is 0.251 e. The van der Waals surface area contributed by atoms with Crippen molar-refractivity contribution in [3.05, 3.63) is 34.3 Å². The Hall–Kier alpha value is -0.870. The van der Waals surface area contributed by atoms with E-state index < -0.39 is 0 Å². The summed E-state index contributed by atoms with van der Waals surface area (Å²) in [6.07, 6.45) is 2.51. The van der Waals surface area contributed by atoms with Gasteiger partial charge >= 0.3 is 0 Å². The number of nitrogens with one attached hydrogen (secondary N) is 2. The molecule has 1 aliphatic heterocycles. The lowest BCUT2D eigenvalue weighted by molar-refractivity contribution is -0.909. The predicted molar refractivity (Wildman–Crippen MR) is 75.9 cm³/mol. The zero-order valence-electron chi connectivity index (χ0n) is 10.7. The van der Waals surface area contributed by atoms with E-state index in [-0.39, 0.29) is 5.91 Å². The summed E-state index contributed by atoms with van der Waals surface area (Å²) in [4.78, 5) is 13.6. The molecule has 1 unspecified atom stereocenters. The summed E-state index contributed by atoms with van der Waals surface area (Å²) in [5.74, 6) is 0.0323. The second-order valence-electron chi connectivity index (χ2n) is 4.82. The zero-order valence-corrected chi connectivity index (χ0v) is 12.3. The molecular formula is C14H20BrN2O+. The molecule has 1 amide bonds. The maximum absolute atomic E-state index is 12.0. The predicted octanol–water partition coefficient (Wildman–Crippen LogP) is 1.25. The quantitative estimate of drug-likeness (QED) is 0.862. The summed E-state index contributed by atoms with van der Waals surface area (Å²) < 4.78 is 0.997. The van der Waals surface area contributed by atoms with E-state index in [0.717, 1.165) is 23.1 Å². The van der Waals surface area contributed by atoms with Crippen molar-refractivity contribution in [3.63, 3.8) is 0 Å². The number of likely N-dealkylation sites (N-methyl/N-ethyl adjacent to an activating group) is 1. The fourth-order valence-electron chi connectivity index (χ4n) is 2.61. The van der Waals surface area contributed by atoms with Crippen molar-refractivity contribution in [2.24, 2.45) is 0 Å². The minimum atomic E-state index is 0.0323. The number of quaternary nitrogens is 1. The summed E-state index contributed by atoms with van der Waals surface area (Å²) in [5, 5.41) is 3.05. The molecule has 1 aromatic rings. The lowest BCUT2D eigenvalue weighted by Gasteiger charge is -2.20. The zero-order chi connectivity index (χ0) is 13.0. The first-order chi connectivity index (χ1) is 8.70. The van der Waals surface area contributed by atoms with Crippen molar-refractivity contribution >= 4 is 21.8 Å². The van der Waals surface area contributed by atoms with E-state index in [1.807, 2.05) is 24.3 Å². The average Bonchev–Trinajstić information content (AvgIpc) is 2.84. The standard InChI is InChI=1S/C14H19BrN2O/c1-2-17-9-3-4-13(17)10-16-14(18)11-5-7-12(15)8-6-11/h5-8,13H,2-4,9-10H2,1H3,(H,16,18)/p+1/t13-/m0/s1. The Labute approximate surface area is 117 Å². The molecule has 2 rings (SSSR count). The molecule has 18 heavy (non-hydrogen) atoms. The van der Waals surface area contributed by atoms with Crippen LogP contribution in [-0.4, -0.2) is 31.6 Å². The van der Waals surface area contributed by atoms with Gasteiger partial charge in [-0.1, -0.05) is 15.9 Å². The Morgan fingerprint density at radius 2 is 2.17 bits per heavy atom. The number of hydrogen-bond donors (Lipinski definition) is 2. The number of likely N-dealkylation sites (tertiary alicyclic amines) is 1. The van der Waals surface area contributed by atoms with Crippen LogP contribution in [0.3, 0.4) is 0 Å². The summed E-state index contributed by atoms with van der Waals surface area (Å²) in [5.41, 5.74) is 0.731. The number of halogens is 1. The lowest BCUT2D eigenvalue weighted by atomic mass is 10.2. The number of carbonyl (C=O) groups excluding carboxylic acids is 1. The van der Waals surface area contributed by atoms with Crippen molar-refractivity contribution in [1.82, 2.24) is 5.32 Å². The van der Waals surface area contributed by atoms with Gasteiger partial charge in [-0.05, 0) is 31.2 Å². The second-order valence-corrected chi connectivity index (χ2v) is 5.73. The highest BCUT2D eigenvalue weighted by molar-refractivity contribution is 9.10. The molecule has 3 nitrogen and oxygen atoms in total. The van der Waals surface area contributed by atoms with Crippen LogP contribution in [0.15, 0.2) is 28.7 Å². The van der Waals surface area contributed by atoms with Crippen LogP contribution in [0.5, 0.6) is 0 Å². The normalized spacial score (nSPS) is 23.0. The molecule has 1 saturated heterocycles. The summed E-state index contributed by atoms with van der Waals surface area (Å²) in [7, 11) is 0. The van der Waals surface area contributed by atoms with Crippen LogP contribution >= 0.6 is 15.9 Å². The van der Waals surface area contributed by atoms with Gasteiger partial charge in [-0.15, -0.1) is 0 Å². The SMILES string of the molecule is CC[NH+]1CCC[C@H]1CNC(=O)c1ccc(Br)cc1. The highest BCUT2D eigenvalue weighted by atomic mass is 79.9. The molecule has 2 N–H and O–H groups in total. The Kier molecular flexibility index (Phi) is 4.78. The van der Waals surface area contributed by atoms with Crippen LogP contribution in [0.25, 0.3) is 0 Å². The molecule has 0 aliphatic carbocycles. The van der Waals surface area contributed by atoms with Gasteiger partial charge in [-0.25, -0.2) is 0 Å². The molecule has 98 valence electrons. The van der Waals surface area contributed by atoms with Crippen molar-refractivity contribution < 1.29 is 9.69 Å². The molecule has 0 aromatic heterocycles. The fourth-order valence-corrected chi connectivity index (χ4v) is 2.88. The molecule has 1 aliphatic rings. The van der Waals surface area contributed by atoms with Crippen LogP contribution in [0.4, 0.5) is 0 Å². The van der Waals surface area contributed by atoms with Crippen LogP contribution in [0.2, 0.25) is 0 Å². The molecule has 0 radical (unpaired) electrons. The van der Waals surface area contributed by atoms with E-state index in [1.54, 1.807) is 4.90 Å². The maximum atomic E-state index is 12.0. The van der Waals surface area contributed by atoms with Gasteiger partial charge in [-0.3, -0.25) is 4.79 Å². The topological polar surface area (TPSA) is 33.5 Å². The van der Waals surface area contributed by atoms with E-state index in [4.69, 9.17) is 0 Å². The van der Waals surface area contributed by atoms with Crippen molar-refractivity contribution in [2.45, 2.75) is 25.8 Å². The fraction of sp³-hybridized carbons (Fsp3) is 0.500. The minimum absolute atomic E-state index is 0.0323. The van der Waals surface area contributed by atoms with Gasteiger partial charge < -0.3 is 10.2 Å². The molecule has 0 spiro atoms. The van der Waals surface area contributed by atoms with E-state index in [1.165, 1.54) is 19.4 Å². The number of carbonyl (C=O) groups is 1. The third-order valence-corrected chi connectivity index (χ3v) is 4.23.